The van der Waals surface area contributed by atoms with Crippen molar-refractivity contribution < 1.29 is 19.1 Å². The third-order valence-corrected chi connectivity index (χ3v) is 4.49. The van der Waals surface area contributed by atoms with Gasteiger partial charge in [0, 0.05) is 5.69 Å². The molecule has 0 aliphatic rings. The highest BCUT2D eigenvalue weighted by Gasteiger charge is 2.19. The molecule has 28 heavy (non-hydrogen) atoms. The van der Waals surface area contributed by atoms with Gasteiger partial charge in [-0.15, -0.1) is 0 Å². The number of carbonyl (C=O) groups is 2. The maximum absolute atomic E-state index is 12.5. The molecule has 0 saturated heterocycles. The molecule has 0 aliphatic carbocycles. The second-order valence-corrected chi connectivity index (χ2v) is 7.72. The highest BCUT2D eigenvalue weighted by Crippen LogP contribution is 2.25. The maximum atomic E-state index is 12.5. The van der Waals surface area contributed by atoms with Crippen LogP contribution in [0, 0.1) is 6.92 Å². The van der Waals surface area contributed by atoms with Crippen molar-refractivity contribution in [3.63, 3.8) is 0 Å². The van der Waals surface area contributed by atoms with Crippen molar-refractivity contribution in [3.05, 3.63) is 59.2 Å². The minimum atomic E-state index is -0.689. The van der Waals surface area contributed by atoms with Crippen LogP contribution < -0.4 is 10.1 Å². The number of amides is 1. The molecule has 0 heterocycles. The van der Waals surface area contributed by atoms with Gasteiger partial charge < -0.3 is 14.8 Å². The van der Waals surface area contributed by atoms with E-state index in [0.717, 1.165) is 0 Å². The summed E-state index contributed by atoms with van der Waals surface area (Å²) >= 11 is 0. The number of rotatable bonds is 6. The van der Waals surface area contributed by atoms with Crippen molar-refractivity contribution in [1.29, 1.82) is 0 Å². The van der Waals surface area contributed by atoms with E-state index in [1.165, 1.54) is 5.56 Å². The Hall–Kier alpha value is -2.82. The molecule has 2 rings (SSSR count). The van der Waals surface area contributed by atoms with E-state index in [1.54, 1.807) is 39.0 Å². The van der Waals surface area contributed by atoms with Crippen LogP contribution in [-0.4, -0.2) is 24.6 Å². The van der Waals surface area contributed by atoms with Crippen LogP contribution in [0.2, 0.25) is 0 Å². The topological polar surface area (TPSA) is 64.6 Å². The average molecular weight is 383 g/mol. The molecule has 1 unspecified atom stereocenters. The lowest BCUT2D eigenvalue weighted by molar-refractivity contribution is -0.122. The van der Waals surface area contributed by atoms with Gasteiger partial charge in [-0.2, -0.15) is 0 Å². The molecule has 5 heteroatoms. The molecule has 0 aromatic heterocycles. The number of hydrogen-bond donors (Lipinski definition) is 1. The zero-order valence-electron chi connectivity index (χ0n) is 17.5. The van der Waals surface area contributed by atoms with Gasteiger partial charge >= 0.3 is 5.97 Å². The summed E-state index contributed by atoms with van der Waals surface area (Å²) in [6.45, 7) is 12.0. The predicted molar refractivity (Wildman–Crippen MR) is 111 cm³/mol. The number of ether oxygens (including phenoxy) is 2. The number of esters is 1. The van der Waals surface area contributed by atoms with Crippen molar-refractivity contribution in [2.24, 2.45) is 0 Å². The van der Waals surface area contributed by atoms with Gasteiger partial charge in [0.2, 0.25) is 0 Å². The molecule has 1 atom stereocenters. The number of hydrogen-bond acceptors (Lipinski definition) is 4. The monoisotopic (exact) mass is 383 g/mol. The van der Waals surface area contributed by atoms with E-state index in [4.69, 9.17) is 9.47 Å². The van der Waals surface area contributed by atoms with Gasteiger partial charge in [-0.25, -0.2) is 4.79 Å². The standard InChI is InChI=1S/C23H29NO4/c1-7-27-22(26)19-9-8-10-20(15(19)2)24-21(25)16(3)28-18-13-11-17(12-14-18)23(4,5)6/h8-14,16H,7H2,1-6H3,(H,24,25). The molecular weight excluding hydrogens is 354 g/mol. The van der Waals surface area contributed by atoms with E-state index in [1.807, 2.05) is 24.3 Å². The van der Waals surface area contributed by atoms with E-state index < -0.39 is 12.1 Å². The Bertz CT molecular complexity index is 835. The quantitative estimate of drug-likeness (QED) is 0.723. The van der Waals surface area contributed by atoms with Crippen LogP contribution in [0.25, 0.3) is 0 Å². The molecular formula is C23H29NO4. The highest BCUT2D eigenvalue weighted by molar-refractivity contribution is 5.98. The maximum Gasteiger partial charge on any atom is 0.338 e. The van der Waals surface area contributed by atoms with Crippen molar-refractivity contribution >= 4 is 17.6 Å². The highest BCUT2D eigenvalue weighted by atomic mass is 16.5. The molecule has 5 nitrogen and oxygen atoms in total. The third kappa shape index (κ3) is 5.35. The molecule has 1 N–H and O–H groups in total. The lowest BCUT2D eigenvalue weighted by Crippen LogP contribution is -2.30. The zero-order chi connectivity index (χ0) is 20.9. The number of nitrogens with one attached hydrogen (secondary N) is 1. The second-order valence-electron chi connectivity index (χ2n) is 7.72. The fourth-order valence-electron chi connectivity index (χ4n) is 2.73. The largest absolute Gasteiger partial charge is 0.481 e. The molecule has 0 bridgehead atoms. The Balaban J connectivity index is 2.06. The van der Waals surface area contributed by atoms with Gasteiger partial charge in [0.05, 0.1) is 12.2 Å². The van der Waals surface area contributed by atoms with Gasteiger partial charge in [-0.1, -0.05) is 39.0 Å². The zero-order valence-corrected chi connectivity index (χ0v) is 17.5. The van der Waals surface area contributed by atoms with E-state index in [0.29, 0.717) is 29.2 Å². The molecule has 0 aliphatic heterocycles. The third-order valence-electron chi connectivity index (χ3n) is 4.49. The minimum absolute atomic E-state index is 0.0585. The van der Waals surface area contributed by atoms with Crippen LogP contribution in [0.15, 0.2) is 42.5 Å². The lowest BCUT2D eigenvalue weighted by Gasteiger charge is -2.20. The van der Waals surface area contributed by atoms with Crippen molar-refractivity contribution in [2.45, 2.75) is 53.1 Å². The lowest BCUT2D eigenvalue weighted by atomic mass is 9.87. The average Bonchev–Trinajstić information content (AvgIpc) is 2.63. The number of benzene rings is 2. The van der Waals surface area contributed by atoms with E-state index in [-0.39, 0.29) is 11.3 Å². The van der Waals surface area contributed by atoms with Crippen LogP contribution in [0.1, 0.15) is 56.1 Å². The fourth-order valence-corrected chi connectivity index (χ4v) is 2.73. The van der Waals surface area contributed by atoms with Gasteiger partial charge in [0.15, 0.2) is 6.10 Å². The molecule has 2 aromatic carbocycles. The Kier molecular flexibility index (Phi) is 6.84. The van der Waals surface area contributed by atoms with Crippen LogP contribution in [0.4, 0.5) is 5.69 Å². The summed E-state index contributed by atoms with van der Waals surface area (Å²) in [5.74, 6) is -0.0593. The summed E-state index contributed by atoms with van der Waals surface area (Å²) in [5, 5.41) is 2.83. The summed E-state index contributed by atoms with van der Waals surface area (Å²) in [6.07, 6.45) is -0.689. The Morgan fingerprint density at radius 1 is 1.07 bits per heavy atom. The normalized spacial score (nSPS) is 12.2. The van der Waals surface area contributed by atoms with Crippen molar-refractivity contribution in [2.75, 3.05) is 11.9 Å². The first-order chi connectivity index (χ1) is 13.1. The van der Waals surface area contributed by atoms with E-state index in [9.17, 15) is 9.59 Å². The molecule has 0 saturated carbocycles. The molecule has 0 radical (unpaired) electrons. The fraction of sp³-hybridized carbons (Fsp3) is 0.391. The predicted octanol–water partition coefficient (Wildman–Crippen LogP) is 4.88. The second kappa shape index (κ2) is 8.91. The first-order valence-corrected chi connectivity index (χ1v) is 9.48. The minimum Gasteiger partial charge on any atom is -0.481 e. The van der Waals surface area contributed by atoms with Gasteiger partial charge in [-0.05, 0) is 61.6 Å². The first-order valence-electron chi connectivity index (χ1n) is 9.48. The molecule has 0 fully saturated rings. The van der Waals surface area contributed by atoms with E-state index in [2.05, 4.69) is 26.1 Å². The van der Waals surface area contributed by atoms with Crippen molar-refractivity contribution in [1.82, 2.24) is 0 Å². The molecule has 0 spiro atoms. The Labute approximate surface area is 167 Å². The SMILES string of the molecule is CCOC(=O)c1cccc(NC(=O)C(C)Oc2ccc(C(C)(C)C)cc2)c1C. The first kappa shape index (κ1) is 21.5. The molecule has 150 valence electrons. The van der Waals surface area contributed by atoms with E-state index >= 15 is 0 Å². The van der Waals surface area contributed by atoms with Crippen LogP contribution >= 0.6 is 0 Å². The Morgan fingerprint density at radius 2 is 1.71 bits per heavy atom. The van der Waals surface area contributed by atoms with Crippen LogP contribution in [0.5, 0.6) is 5.75 Å². The van der Waals surface area contributed by atoms with Gasteiger partial charge in [0.25, 0.3) is 5.91 Å². The van der Waals surface area contributed by atoms with Gasteiger partial charge in [0.1, 0.15) is 5.75 Å². The smallest absolute Gasteiger partial charge is 0.338 e. The summed E-state index contributed by atoms with van der Waals surface area (Å²) in [5.41, 5.74) is 2.92. The number of carbonyl (C=O) groups excluding carboxylic acids is 2. The molecule has 2 aromatic rings. The van der Waals surface area contributed by atoms with Crippen LogP contribution in [-0.2, 0) is 14.9 Å². The summed E-state index contributed by atoms with van der Waals surface area (Å²) in [4.78, 5) is 24.6. The Morgan fingerprint density at radius 3 is 2.29 bits per heavy atom. The van der Waals surface area contributed by atoms with Crippen molar-refractivity contribution in [3.8, 4) is 5.75 Å². The summed E-state index contributed by atoms with van der Waals surface area (Å²) in [6, 6.07) is 12.9. The van der Waals surface area contributed by atoms with Crippen LogP contribution in [0.3, 0.4) is 0 Å². The van der Waals surface area contributed by atoms with Gasteiger partial charge in [-0.3, -0.25) is 4.79 Å². The summed E-state index contributed by atoms with van der Waals surface area (Å²) < 4.78 is 10.8. The number of anilines is 1. The summed E-state index contributed by atoms with van der Waals surface area (Å²) in [7, 11) is 0. The molecule has 1 amide bonds.